The lowest BCUT2D eigenvalue weighted by molar-refractivity contribution is 0.143. The Morgan fingerprint density at radius 2 is 1.84 bits per heavy atom. The summed E-state index contributed by atoms with van der Waals surface area (Å²) in [6.45, 7) is 6.55. The molecular weight excluding hydrogens is 414 g/mol. The maximum Gasteiger partial charge on any atom is 0.323 e. The summed E-state index contributed by atoms with van der Waals surface area (Å²) in [5.74, 6) is 2.28. The molecule has 0 spiro atoms. The van der Waals surface area contributed by atoms with Crippen LogP contribution in [0.2, 0.25) is 5.02 Å². The van der Waals surface area contributed by atoms with Crippen molar-refractivity contribution >= 4 is 23.4 Å². The number of ether oxygens (including phenoxy) is 1. The van der Waals surface area contributed by atoms with Crippen molar-refractivity contribution in [3.05, 3.63) is 71.4 Å². The predicted molar refractivity (Wildman–Crippen MR) is 122 cm³/mol. The van der Waals surface area contributed by atoms with Crippen LogP contribution in [-0.2, 0) is 13.1 Å². The summed E-state index contributed by atoms with van der Waals surface area (Å²) in [5.41, 5.74) is 1.18. The first-order chi connectivity index (χ1) is 15.1. The zero-order valence-electron chi connectivity index (χ0n) is 17.5. The molecule has 4 rings (SSSR count). The molecule has 1 aliphatic heterocycles. The van der Waals surface area contributed by atoms with E-state index in [1.54, 1.807) is 10.9 Å². The molecular formula is C23H26ClN5O2. The van der Waals surface area contributed by atoms with E-state index >= 15 is 0 Å². The normalized spacial score (nSPS) is 14.5. The number of nitrogens with zero attached hydrogens (tertiary/aromatic N) is 4. The molecule has 1 aliphatic rings. The van der Waals surface area contributed by atoms with E-state index in [0.717, 1.165) is 43.5 Å². The van der Waals surface area contributed by atoms with Crippen LogP contribution < -0.4 is 10.1 Å². The van der Waals surface area contributed by atoms with Gasteiger partial charge in [0, 0.05) is 50.4 Å². The molecule has 1 aromatic heterocycles. The average Bonchev–Trinajstić information content (AvgIpc) is 3.23. The number of aryl methyl sites for hydroxylation is 1. The van der Waals surface area contributed by atoms with Crippen molar-refractivity contribution in [3.8, 4) is 11.5 Å². The Bertz CT molecular complexity index is 1010. The summed E-state index contributed by atoms with van der Waals surface area (Å²) in [6.07, 6.45) is 1.70. The maximum absolute atomic E-state index is 12.6. The van der Waals surface area contributed by atoms with Crippen LogP contribution in [0.4, 0.5) is 10.6 Å². The molecule has 3 aromatic rings. The monoisotopic (exact) mass is 439 g/mol. The van der Waals surface area contributed by atoms with Gasteiger partial charge in [0.1, 0.15) is 17.3 Å². The Morgan fingerprint density at radius 1 is 1.06 bits per heavy atom. The van der Waals surface area contributed by atoms with Crippen molar-refractivity contribution in [2.75, 3.05) is 31.5 Å². The van der Waals surface area contributed by atoms with Gasteiger partial charge in [-0.1, -0.05) is 23.7 Å². The molecule has 2 heterocycles. The Labute approximate surface area is 187 Å². The minimum atomic E-state index is -0.0757. The first kappa shape index (κ1) is 21.2. The van der Waals surface area contributed by atoms with Crippen LogP contribution in [0.3, 0.4) is 0 Å². The fourth-order valence-corrected chi connectivity index (χ4v) is 3.72. The van der Waals surface area contributed by atoms with Crippen molar-refractivity contribution in [2.45, 2.75) is 20.0 Å². The molecule has 8 heteroatoms. The molecule has 2 amide bonds. The zero-order valence-corrected chi connectivity index (χ0v) is 18.3. The first-order valence-electron chi connectivity index (χ1n) is 10.4. The molecule has 1 N–H and O–H groups in total. The molecule has 1 saturated heterocycles. The third kappa shape index (κ3) is 5.57. The minimum Gasteiger partial charge on any atom is -0.457 e. The van der Waals surface area contributed by atoms with Gasteiger partial charge >= 0.3 is 6.03 Å². The smallest absolute Gasteiger partial charge is 0.323 e. The van der Waals surface area contributed by atoms with Gasteiger partial charge in [-0.05, 0) is 48.9 Å². The van der Waals surface area contributed by atoms with Gasteiger partial charge in [0.15, 0.2) is 0 Å². The lowest BCUT2D eigenvalue weighted by Crippen LogP contribution is -2.49. The lowest BCUT2D eigenvalue weighted by Gasteiger charge is -2.34. The van der Waals surface area contributed by atoms with Crippen molar-refractivity contribution in [2.24, 2.45) is 0 Å². The Hall–Kier alpha value is -3.03. The number of urea groups is 1. The Balaban J connectivity index is 1.28. The number of aromatic nitrogens is 2. The number of hydrogen-bond acceptors (Lipinski definition) is 4. The second kappa shape index (κ2) is 9.85. The topological polar surface area (TPSA) is 62.6 Å². The first-order valence-corrected chi connectivity index (χ1v) is 10.8. The molecule has 2 aromatic carbocycles. The number of nitrogens with one attached hydrogen (secondary N) is 1. The number of benzene rings is 2. The maximum atomic E-state index is 12.6. The molecule has 0 bridgehead atoms. The summed E-state index contributed by atoms with van der Waals surface area (Å²) >= 11 is 5.93. The molecule has 0 saturated carbocycles. The zero-order chi connectivity index (χ0) is 21.6. The number of piperazine rings is 1. The third-order valence-electron chi connectivity index (χ3n) is 5.26. The largest absolute Gasteiger partial charge is 0.457 e. The van der Waals surface area contributed by atoms with Gasteiger partial charge in [-0.15, -0.1) is 0 Å². The second-order valence-corrected chi connectivity index (χ2v) is 7.87. The molecule has 162 valence electrons. The molecule has 31 heavy (non-hydrogen) atoms. The number of halogens is 1. The molecule has 0 atom stereocenters. The third-order valence-corrected chi connectivity index (χ3v) is 5.52. The highest BCUT2D eigenvalue weighted by Crippen LogP contribution is 2.24. The number of hydrogen-bond donors (Lipinski definition) is 1. The predicted octanol–water partition coefficient (Wildman–Crippen LogP) is 4.70. The van der Waals surface area contributed by atoms with Crippen molar-refractivity contribution in [1.29, 1.82) is 0 Å². The van der Waals surface area contributed by atoms with Gasteiger partial charge in [-0.3, -0.25) is 10.2 Å². The highest BCUT2D eigenvalue weighted by Gasteiger charge is 2.22. The van der Waals surface area contributed by atoms with E-state index in [4.69, 9.17) is 16.3 Å². The van der Waals surface area contributed by atoms with Crippen molar-refractivity contribution < 1.29 is 9.53 Å². The number of amides is 2. The fraction of sp³-hybridized carbons (Fsp3) is 0.304. The van der Waals surface area contributed by atoms with E-state index in [0.29, 0.717) is 18.1 Å². The summed E-state index contributed by atoms with van der Waals surface area (Å²) in [7, 11) is 0. The van der Waals surface area contributed by atoms with Crippen molar-refractivity contribution in [1.82, 2.24) is 19.6 Å². The van der Waals surface area contributed by atoms with Gasteiger partial charge in [-0.25, -0.2) is 9.48 Å². The lowest BCUT2D eigenvalue weighted by atomic mass is 10.2. The Kier molecular flexibility index (Phi) is 6.74. The van der Waals surface area contributed by atoms with Crippen molar-refractivity contribution in [3.63, 3.8) is 0 Å². The summed E-state index contributed by atoms with van der Waals surface area (Å²) in [5, 5.41) is 7.83. The molecule has 0 radical (unpaired) electrons. The summed E-state index contributed by atoms with van der Waals surface area (Å²) < 4.78 is 7.71. The van der Waals surface area contributed by atoms with Crippen LogP contribution in [0.1, 0.15) is 12.5 Å². The fourth-order valence-electron chi connectivity index (χ4n) is 3.59. The molecule has 0 aliphatic carbocycles. The van der Waals surface area contributed by atoms with E-state index < -0.39 is 0 Å². The van der Waals surface area contributed by atoms with Crippen LogP contribution >= 0.6 is 11.6 Å². The standard InChI is InChI=1S/C23H26ClN5O2/c1-2-29-22(10-11-25-29)26-23(30)28-14-12-27(13-15-28)17-18-4-3-5-21(16-18)31-20-8-6-19(24)7-9-20/h3-11,16H,2,12-15,17H2,1H3,(H,26,30). The van der Waals surface area contributed by atoms with Crippen LogP contribution in [0, 0.1) is 0 Å². The summed E-state index contributed by atoms with van der Waals surface area (Å²) in [6, 6.07) is 17.2. The van der Waals surface area contributed by atoms with Gasteiger partial charge in [0.2, 0.25) is 0 Å². The van der Waals surface area contributed by atoms with Crippen LogP contribution in [-0.4, -0.2) is 51.8 Å². The number of anilines is 1. The average molecular weight is 440 g/mol. The van der Waals surface area contributed by atoms with E-state index in [9.17, 15) is 4.79 Å². The van der Waals surface area contributed by atoms with Gasteiger partial charge < -0.3 is 9.64 Å². The van der Waals surface area contributed by atoms with Gasteiger partial charge in [0.05, 0.1) is 6.20 Å². The summed E-state index contributed by atoms with van der Waals surface area (Å²) in [4.78, 5) is 16.8. The van der Waals surface area contributed by atoms with E-state index in [-0.39, 0.29) is 6.03 Å². The van der Waals surface area contributed by atoms with Gasteiger partial charge in [0.25, 0.3) is 0 Å². The van der Waals surface area contributed by atoms with E-state index in [1.807, 2.05) is 54.3 Å². The van der Waals surface area contributed by atoms with Crippen LogP contribution in [0.25, 0.3) is 0 Å². The second-order valence-electron chi connectivity index (χ2n) is 7.43. The SMILES string of the molecule is CCn1nccc1NC(=O)N1CCN(Cc2cccc(Oc3ccc(Cl)cc3)c2)CC1. The van der Waals surface area contributed by atoms with Gasteiger partial charge in [-0.2, -0.15) is 5.10 Å². The minimum absolute atomic E-state index is 0.0757. The number of rotatable bonds is 6. The molecule has 7 nitrogen and oxygen atoms in total. The highest BCUT2D eigenvalue weighted by atomic mass is 35.5. The number of carbonyl (C=O) groups excluding carboxylic acids is 1. The molecule has 0 unspecified atom stereocenters. The quantitative estimate of drug-likeness (QED) is 0.604. The van der Waals surface area contributed by atoms with E-state index in [2.05, 4.69) is 27.4 Å². The van der Waals surface area contributed by atoms with E-state index in [1.165, 1.54) is 5.56 Å². The number of carbonyl (C=O) groups is 1. The molecule has 1 fully saturated rings. The van der Waals surface area contributed by atoms with Crippen LogP contribution in [0.15, 0.2) is 60.8 Å². The highest BCUT2D eigenvalue weighted by molar-refractivity contribution is 6.30. The van der Waals surface area contributed by atoms with Crippen LogP contribution in [0.5, 0.6) is 11.5 Å². The Morgan fingerprint density at radius 3 is 2.58 bits per heavy atom.